The summed E-state index contributed by atoms with van der Waals surface area (Å²) in [4.78, 5) is 14.4. The number of ether oxygens (including phenoxy) is 1. The molecular formula is C21H29N5O3S. The number of piperazine rings is 1. The highest BCUT2D eigenvalue weighted by molar-refractivity contribution is 7.89. The van der Waals surface area contributed by atoms with Crippen LogP contribution in [0.3, 0.4) is 0 Å². The molecule has 2 heterocycles. The molecule has 9 heteroatoms. The van der Waals surface area contributed by atoms with Crippen molar-refractivity contribution in [3.8, 4) is 5.75 Å². The van der Waals surface area contributed by atoms with Crippen molar-refractivity contribution in [3.63, 3.8) is 0 Å². The highest BCUT2D eigenvalue weighted by atomic mass is 32.2. The van der Waals surface area contributed by atoms with E-state index in [1.165, 1.54) is 0 Å². The van der Waals surface area contributed by atoms with Crippen LogP contribution in [0, 0.1) is 0 Å². The lowest BCUT2D eigenvalue weighted by molar-refractivity contribution is 0.312. The molecule has 2 aromatic rings. The molecule has 0 unspecified atom stereocenters. The molecule has 162 valence electrons. The van der Waals surface area contributed by atoms with Gasteiger partial charge >= 0.3 is 0 Å². The Morgan fingerprint density at radius 1 is 1.10 bits per heavy atom. The number of hydrogen-bond acceptors (Lipinski definition) is 7. The molecule has 1 saturated carbocycles. The second kappa shape index (κ2) is 8.87. The number of nitrogens with one attached hydrogen (secondary N) is 1. The van der Waals surface area contributed by atoms with E-state index in [-0.39, 0.29) is 11.4 Å². The van der Waals surface area contributed by atoms with E-state index in [1.54, 1.807) is 31.4 Å². The minimum atomic E-state index is -3.57. The quantitative estimate of drug-likeness (QED) is 0.680. The Kier molecular flexibility index (Phi) is 6.21. The van der Waals surface area contributed by atoms with Crippen LogP contribution >= 0.6 is 0 Å². The van der Waals surface area contributed by atoms with Gasteiger partial charge in [0.05, 0.1) is 12.0 Å². The summed E-state index contributed by atoms with van der Waals surface area (Å²) in [6.07, 6.45) is 2.80. The van der Waals surface area contributed by atoms with Gasteiger partial charge in [0.15, 0.2) is 0 Å². The van der Waals surface area contributed by atoms with Crippen LogP contribution in [0.5, 0.6) is 5.75 Å². The minimum absolute atomic E-state index is 0.225. The predicted octanol–water partition coefficient (Wildman–Crippen LogP) is 1.64. The highest BCUT2D eigenvalue weighted by Gasteiger charge is 2.28. The third-order valence-corrected chi connectivity index (χ3v) is 7.07. The number of rotatable bonds is 8. The summed E-state index contributed by atoms with van der Waals surface area (Å²) in [6.45, 7) is 4.21. The summed E-state index contributed by atoms with van der Waals surface area (Å²) in [5, 5.41) is 0. The first-order chi connectivity index (χ1) is 14.4. The molecule has 1 N–H and O–H groups in total. The molecule has 1 aliphatic carbocycles. The molecule has 0 atom stereocenters. The number of sulfonamides is 1. The molecule has 1 saturated heterocycles. The van der Waals surface area contributed by atoms with Gasteiger partial charge in [0.1, 0.15) is 17.4 Å². The molecule has 0 bridgehead atoms. The fourth-order valence-electron chi connectivity index (χ4n) is 3.50. The summed E-state index contributed by atoms with van der Waals surface area (Å²) in [5.41, 5.74) is 0.887. The summed E-state index contributed by atoms with van der Waals surface area (Å²) in [6, 6.07) is 8.39. The average molecular weight is 432 g/mol. The zero-order valence-electron chi connectivity index (χ0n) is 17.5. The number of hydrogen-bond donors (Lipinski definition) is 1. The Balaban J connectivity index is 1.43. The normalized spacial score (nSPS) is 17.9. The standard InChI is InChI=1S/C21H29N5O3S/c1-25-11-13-26(14-12-25)20-15-17(23-21(24-20)16-3-4-16)9-10-22-30(27,28)19-7-5-18(29-2)6-8-19/h5-8,15-16,22H,3-4,9-14H2,1-2H3. The first-order valence-electron chi connectivity index (χ1n) is 10.4. The van der Waals surface area contributed by atoms with Gasteiger partial charge in [-0.05, 0) is 44.2 Å². The third kappa shape index (κ3) is 5.08. The first kappa shape index (κ1) is 21.0. The van der Waals surface area contributed by atoms with Crippen LogP contribution < -0.4 is 14.4 Å². The lowest BCUT2D eigenvalue weighted by Gasteiger charge is -2.33. The lowest BCUT2D eigenvalue weighted by atomic mass is 10.2. The first-order valence-corrected chi connectivity index (χ1v) is 11.9. The van der Waals surface area contributed by atoms with E-state index in [0.29, 0.717) is 18.1 Å². The largest absolute Gasteiger partial charge is 0.497 e. The fourth-order valence-corrected chi connectivity index (χ4v) is 4.54. The van der Waals surface area contributed by atoms with Gasteiger partial charge in [-0.15, -0.1) is 0 Å². The van der Waals surface area contributed by atoms with Crippen molar-refractivity contribution in [1.82, 2.24) is 19.6 Å². The molecule has 0 amide bonds. The van der Waals surface area contributed by atoms with Crippen LogP contribution in [0.15, 0.2) is 35.2 Å². The van der Waals surface area contributed by atoms with E-state index in [2.05, 4.69) is 21.6 Å². The van der Waals surface area contributed by atoms with Gasteiger partial charge in [-0.25, -0.2) is 23.1 Å². The van der Waals surface area contributed by atoms with Gasteiger partial charge < -0.3 is 14.5 Å². The van der Waals surface area contributed by atoms with E-state index < -0.39 is 10.0 Å². The predicted molar refractivity (Wildman–Crippen MR) is 116 cm³/mol. The topological polar surface area (TPSA) is 87.7 Å². The van der Waals surface area contributed by atoms with E-state index >= 15 is 0 Å². The number of nitrogens with zero attached hydrogens (tertiary/aromatic N) is 4. The van der Waals surface area contributed by atoms with Crippen LogP contribution in [0.2, 0.25) is 0 Å². The van der Waals surface area contributed by atoms with Gasteiger partial charge in [-0.2, -0.15) is 0 Å². The molecule has 2 fully saturated rings. The van der Waals surface area contributed by atoms with Crippen molar-refractivity contribution < 1.29 is 13.2 Å². The van der Waals surface area contributed by atoms with Gasteiger partial charge in [0, 0.05) is 56.8 Å². The van der Waals surface area contributed by atoms with Gasteiger partial charge in [-0.3, -0.25) is 0 Å². The Bertz CT molecular complexity index is 969. The molecule has 1 aromatic heterocycles. The number of benzene rings is 1. The fraction of sp³-hybridized carbons (Fsp3) is 0.524. The van der Waals surface area contributed by atoms with Crippen molar-refractivity contribution in [2.45, 2.75) is 30.1 Å². The number of methoxy groups -OCH3 is 1. The monoisotopic (exact) mass is 431 g/mol. The Labute approximate surface area is 178 Å². The van der Waals surface area contributed by atoms with Crippen LogP contribution in [0.25, 0.3) is 0 Å². The summed E-state index contributed by atoms with van der Waals surface area (Å²) >= 11 is 0. The molecule has 8 nitrogen and oxygen atoms in total. The van der Waals surface area contributed by atoms with Gasteiger partial charge in [-0.1, -0.05) is 0 Å². The molecule has 1 aliphatic heterocycles. The van der Waals surface area contributed by atoms with Crippen LogP contribution in [0.4, 0.5) is 5.82 Å². The maximum absolute atomic E-state index is 12.6. The molecule has 0 spiro atoms. The van der Waals surface area contributed by atoms with E-state index in [0.717, 1.165) is 56.4 Å². The van der Waals surface area contributed by atoms with Crippen molar-refractivity contribution in [1.29, 1.82) is 0 Å². The summed E-state index contributed by atoms with van der Waals surface area (Å²) in [7, 11) is 0.112. The smallest absolute Gasteiger partial charge is 0.240 e. The second-order valence-electron chi connectivity index (χ2n) is 7.96. The average Bonchev–Trinajstić information content (AvgIpc) is 3.59. The van der Waals surface area contributed by atoms with Crippen LogP contribution in [-0.2, 0) is 16.4 Å². The molecule has 0 radical (unpaired) electrons. The Morgan fingerprint density at radius 2 is 1.80 bits per heavy atom. The Morgan fingerprint density at radius 3 is 2.43 bits per heavy atom. The maximum Gasteiger partial charge on any atom is 0.240 e. The molecule has 4 rings (SSSR count). The zero-order valence-corrected chi connectivity index (χ0v) is 18.4. The van der Waals surface area contributed by atoms with Crippen molar-refractivity contribution in [3.05, 3.63) is 41.9 Å². The van der Waals surface area contributed by atoms with Crippen molar-refractivity contribution in [2.75, 3.05) is 51.8 Å². The van der Waals surface area contributed by atoms with E-state index in [1.807, 2.05) is 6.07 Å². The number of likely N-dealkylation sites (N-methyl/N-ethyl adjacent to an activating group) is 1. The van der Waals surface area contributed by atoms with Gasteiger partial charge in [0.25, 0.3) is 0 Å². The summed E-state index contributed by atoms with van der Waals surface area (Å²) < 4.78 is 32.9. The molecule has 30 heavy (non-hydrogen) atoms. The molecule has 1 aromatic carbocycles. The summed E-state index contributed by atoms with van der Waals surface area (Å²) in [5.74, 6) is 2.94. The van der Waals surface area contributed by atoms with Crippen molar-refractivity contribution >= 4 is 15.8 Å². The zero-order chi connectivity index (χ0) is 21.1. The second-order valence-corrected chi connectivity index (χ2v) is 9.73. The van der Waals surface area contributed by atoms with Gasteiger partial charge in [0.2, 0.25) is 10.0 Å². The Hall–Kier alpha value is -2.23. The highest BCUT2D eigenvalue weighted by Crippen LogP contribution is 2.38. The SMILES string of the molecule is COc1ccc(S(=O)(=O)NCCc2cc(N3CCN(C)CC3)nc(C3CC3)n2)cc1. The molecule has 2 aliphatic rings. The lowest BCUT2D eigenvalue weighted by Crippen LogP contribution is -2.45. The van der Waals surface area contributed by atoms with Crippen molar-refractivity contribution in [2.24, 2.45) is 0 Å². The van der Waals surface area contributed by atoms with E-state index in [4.69, 9.17) is 14.7 Å². The van der Waals surface area contributed by atoms with Crippen LogP contribution in [-0.4, -0.2) is 70.2 Å². The third-order valence-electron chi connectivity index (χ3n) is 5.60. The molecular weight excluding hydrogens is 402 g/mol. The van der Waals surface area contributed by atoms with E-state index in [9.17, 15) is 8.42 Å². The maximum atomic E-state index is 12.6. The minimum Gasteiger partial charge on any atom is -0.497 e. The van der Waals surface area contributed by atoms with Crippen LogP contribution in [0.1, 0.15) is 30.3 Å². The number of anilines is 1. The number of aromatic nitrogens is 2.